The second-order valence-corrected chi connectivity index (χ2v) is 8.94. The first-order valence-corrected chi connectivity index (χ1v) is 12.8. The summed E-state index contributed by atoms with van der Waals surface area (Å²) in [6, 6.07) is 6.44. The number of nitrogens with zero attached hydrogens (tertiary/aromatic N) is 3. The van der Waals surface area contributed by atoms with Crippen LogP contribution in [-0.4, -0.2) is 75.6 Å². The van der Waals surface area contributed by atoms with Gasteiger partial charge in [0.2, 0.25) is 6.79 Å². The summed E-state index contributed by atoms with van der Waals surface area (Å²) in [5.74, 6) is -1.57. The van der Waals surface area contributed by atoms with Crippen LogP contribution in [0.4, 0.5) is 16.3 Å². The predicted octanol–water partition coefficient (Wildman–Crippen LogP) is 0.888. The molecule has 15 heteroatoms. The van der Waals surface area contributed by atoms with Gasteiger partial charge in [0, 0.05) is 24.4 Å². The molecule has 0 bridgehead atoms. The van der Waals surface area contributed by atoms with Gasteiger partial charge in [0.25, 0.3) is 17.6 Å². The fraction of sp³-hybridized carbons (Fsp3) is 0.296. The van der Waals surface area contributed by atoms with Crippen LogP contribution < -0.4 is 16.0 Å². The number of nitrogens with one attached hydrogen (secondary N) is 3. The van der Waals surface area contributed by atoms with E-state index in [-0.39, 0.29) is 23.8 Å². The van der Waals surface area contributed by atoms with Crippen molar-refractivity contribution < 1.29 is 43.3 Å². The van der Waals surface area contributed by atoms with Gasteiger partial charge in [-0.2, -0.15) is 0 Å². The number of ether oxygens (including phenoxy) is 2. The number of aliphatic hydroxyl groups excluding tert-OH is 1. The van der Waals surface area contributed by atoms with E-state index in [0.29, 0.717) is 28.9 Å². The third-order valence-electron chi connectivity index (χ3n) is 5.85. The van der Waals surface area contributed by atoms with Gasteiger partial charge in [0.15, 0.2) is 12.2 Å². The van der Waals surface area contributed by atoms with Crippen molar-refractivity contribution in [1.29, 1.82) is 0 Å². The number of amidine groups is 1. The number of aromatic nitrogens is 2. The zero-order valence-corrected chi connectivity index (χ0v) is 23.5. The Hall–Kier alpha value is -5.31. The maximum Gasteiger partial charge on any atom is 0.419 e. The van der Waals surface area contributed by atoms with Crippen molar-refractivity contribution in [3.8, 4) is 0 Å². The van der Waals surface area contributed by atoms with Crippen LogP contribution in [0.3, 0.4) is 0 Å². The molecule has 3 rings (SSSR count). The normalized spacial score (nSPS) is 12.2. The number of aliphatic imine (C=N–C) groups is 1. The first-order valence-electron chi connectivity index (χ1n) is 12.8. The highest BCUT2D eigenvalue weighted by Gasteiger charge is 2.28. The molecule has 0 aliphatic carbocycles. The second-order valence-electron chi connectivity index (χ2n) is 8.94. The van der Waals surface area contributed by atoms with Crippen LogP contribution in [0.15, 0.2) is 46.2 Å². The predicted molar refractivity (Wildman–Crippen MR) is 149 cm³/mol. The van der Waals surface area contributed by atoms with Crippen LogP contribution >= 0.6 is 0 Å². The number of aryl methyl sites for hydroxylation is 1. The molecule has 2 heterocycles. The molecule has 3 aromatic rings. The molecule has 15 nitrogen and oxygen atoms in total. The van der Waals surface area contributed by atoms with Gasteiger partial charge in [-0.3, -0.25) is 9.59 Å². The highest BCUT2D eigenvalue weighted by molar-refractivity contribution is 6.07. The lowest BCUT2D eigenvalue weighted by molar-refractivity contribution is -0.309. The van der Waals surface area contributed by atoms with Crippen molar-refractivity contribution in [2.45, 2.75) is 40.2 Å². The van der Waals surface area contributed by atoms with Crippen LogP contribution in [0.2, 0.25) is 0 Å². The average molecular weight is 583 g/mol. The van der Waals surface area contributed by atoms with Gasteiger partial charge in [0.05, 0.1) is 5.56 Å². The number of amides is 3. The Morgan fingerprint density at radius 3 is 2.67 bits per heavy atom. The van der Waals surface area contributed by atoms with Gasteiger partial charge in [-0.25, -0.2) is 19.5 Å². The number of anilines is 1. The first-order chi connectivity index (χ1) is 20.1. The number of nitrogens with two attached hydrogens (primary N) is 1. The molecule has 0 fully saturated rings. The molecule has 6 N–H and O–H groups in total. The molecule has 0 aliphatic heterocycles. The van der Waals surface area contributed by atoms with Crippen molar-refractivity contribution >= 4 is 47.6 Å². The van der Waals surface area contributed by atoms with E-state index in [9.17, 15) is 24.3 Å². The molecule has 1 atom stereocenters. The maximum absolute atomic E-state index is 13.4. The fourth-order valence-corrected chi connectivity index (χ4v) is 3.64. The Bertz CT molecular complexity index is 1490. The van der Waals surface area contributed by atoms with Gasteiger partial charge in [-0.05, 0) is 50.5 Å². The number of carbonyl (C=O) groups excluding carboxylic acids is 4. The number of imide groups is 1. The van der Waals surface area contributed by atoms with Crippen LogP contribution in [0.5, 0.6) is 0 Å². The number of benzene rings is 1. The Kier molecular flexibility index (Phi) is 10.7. The fourth-order valence-electron chi connectivity index (χ4n) is 3.64. The molecule has 1 unspecified atom stereocenters. The number of aromatic amines is 1. The lowest BCUT2D eigenvalue weighted by atomic mass is 10.1. The summed E-state index contributed by atoms with van der Waals surface area (Å²) in [4.78, 5) is 61.4. The highest BCUT2D eigenvalue weighted by atomic mass is 16.7. The highest BCUT2D eigenvalue weighted by Crippen LogP contribution is 2.23. The summed E-state index contributed by atoms with van der Waals surface area (Å²) >= 11 is 0. The largest absolute Gasteiger partial charge is 0.426 e. The van der Waals surface area contributed by atoms with Gasteiger partial charge in [-0.15, -0.1) is 4.99 Å². The number of rotatable bonds is 10. The van der Waals surface area contributed by atoms with E-state index in [1.165, 1.54) is 25.5 Å². The number of aliphatic hydroxyl groups is 1. The molecule has 0 saturated heterocycles. The molecule has 1 aromatic carbocycles. The van der Waals surface area contributed by atoms with Crippen LogP contribution in [0.25, 0.3) is 0 Å². The average Bonchev–Trinajstić information content (AvgIpc) is 3.61. The molecular weight excluding hydrogens is 550 g/mol. The van der Waals surface area contributed by atoms with E-state index in [1.807, 2.05) is 6.92 Å². The second kappa shape index (κ2) is 14.4. The molecular formula is C27H32N7O8+. The molecule has 3 amide bonds. The van der Waals surface area contributed by atoms with E-state index >= 15 is 0 Å². The topological polar surface area (TPSA) is 216 Å². The third-order valence-corrected chi connectivity index (χ3v) is 5.85. The van der Waals surface area contributed by atoms with E-state index in [1.54, 1.807) is 32.0 Å². The number of hydrogen-bond acceptors (Lipinski definition) is 10. The number of H-pyrrole nitrogens is 1. The summed E-state index contributed by atoms with van der Waals surface area (Å²) < 4.78 is 14.3. The Balaban J connectivity index is 1.88. The Morgan fingerprint density at radius 2 is 2.02 bits per heavy atom. The molecule has 0 saturated carbocycles. The van der Waals surface area contributed by atoms with Crippen LogP contribution in [0, 0.1) is 13.8 Å². The van der Waals surface area contributed by atoms with Crippen molar-refractivity contribution in [2.75, 3.05) is 18.7 Å². The summed E-state index contributed by atoms with van der Waals surface area (Å²) in [6.07, 6.45) is 1.92. The van der Waals surface area contributed by atoms with Crippen LogP contribution in [0.1, 0.15) is 57.8 Å². The molecule has 42 heavy (non-hydrogen) atoms. The quantitative estimate of drug-likeness (QED) is 0.0984. The molecule has 0 radical (unpaired) electrons. The summed E-state index contributed by atoms with van der Waals surface area (Å²) in [5, 5.41) is 15.5. The maximum atomic E-state index is 13.4. The SMILES string of the molecule is CCCN(C(=O)OCOC(=O)C(C)O)C(=O)c1c[nH]c(C(=Nc2cc(C(=O)Nc3ccon3)ccc2C)[NH+]=CN)c1C. The van der Waals surface area contributed by atoms with Crippen molar-refractivity contribution in [3.63, 3.8) is 0 Å². The van der Waals surface area contributed by atoms with Crippen molar-refractivity contribution in [2.24, 2.45) is 10.7 Å². The van der Waals surface area contributed by atoms with Gasteiger partial charge >= 0.3 is 12.1 Å². The van der Waals surface area contributed by atoms with E-state index in [4.69, 9.17) is 15.0 Å². The van der Waals surface area contributed by atoms with Crippen molar-refractivity contribution in [3.05, 3.63) is 64.7 Å². The smallest absolute Gasteiger partial charge is 0.419 e. The lowest BCUT2D eigenvalue weighted by Gasteiger charge is -2.19. The molecule has 2 aromatic heterocycles. The standard InChI is InChI=1S/C27H31N7O8/c1-5-9-34(27(39)41-14-40-26(38)17(4)35)25(37)19-12-29-22(16(19)3)23(30-13-28)31-20-11-18(7-6-15(20)2)24(36)32-21-8-10-42-33-21/h6-8,10-13,17,29,35H,5,9,14H2,1-4H3,(H2,28,30,31)(H,32,33,36)/p+1. The summed E-state index contributed by atoms with van der Waals surface area (Å²) in [5.41, 5.74) is 8.14. The minimum atomic E-state index is -1.39. The number of esters is 1. The molecule has 0 aliphatic rings. The van der Waals surface area contributed by atoms with Crippen molar-refractivity contribution in [1.82, 2.24) is 15.0 Å². The van der Waals surface area contributed by atoms with Crippen LogP contribution in [-0.2, 0) is 14.3 Å². The summed E-state index contributed by atoms with van der Waals surface area (Å²) in [6.45, 7) is 5.69. The van der Waals surface area contributed by atoms with E-state index in [2.05, 4.69) is 30.2 Å². The van der Waals surface area contributed by atoms with E-state index in [0.717, 1.165) is 16.8 Å². The van der Waals surface area contributed by atoms with Gasteiger partial charge in [-0.1, -0.05) is 18.1 Å². The number of carbonyl (C=O) groups is 4. The minimum absolute atomic E-state index is 0.0279. The number of hydrogen-bond donors (Lipinski definition) is 5. The molecule has 222 valence electrons. The molecule has 0 spiro atoms. The summed E-state index contributed by atoms with van der Waals surface area (Å²) in [7, 11) is 0. The third kappa shape index (κ3) is 7.66. The van der Waals surface area contributed by atoms with Gasteiger partial charge < -0.3 is 35.1 Å². The zero-order valence-electron chi connectivity index (χ0n) is 23.5. The lowest BCUT2D eigenvalue weighted by Crippen LogP contribution is -2.75. The monoisotopic (exact) mass is 582 g/mol. The Labute approximate surface area is 240 Å². The zero-order chi connectivity index (χ0) is 30.8. The van der Waals surface area contributed by atoms with E-state index < -0.39 is 36.8 Å². The first kappa shape index (κ1) is 31.2. The Morgan fingerprint density at radius 1 is 1.26 bits per heavy atom. The minimum Gasteiger partial charge on any atom is -0.426 e. The van der Waals surface area contributed by atoms with Gasteiger partial charge in [0.1, 0.15) is 23.7 Å².